The van der Waals surface area contributed by atoms with E-state index in [1.807, 2.05) is 0 Å². The van der Waals surface area contributed by atoms with E-state index in [9.17, 15) is 22.8 Å². The van der Waals surface area contributed by atoms with E-state index in [0.717, 1.165) is 18.2 Å². The maximum Gasteiger partial charge on any atom is 0.416 e. The molecule has 1 saturated carbocycles. The molecule has 5 nitrogen and oxygen atoms in total. The molecule has 1 amide bonds. The zero-order valence-corrected chi connectivity index (χ0v) is 13.4. The minimum absolute atomic E-state index is 0.0364. The number of rotatable bonds is 6. The van der Waals surface area contributed by atoms with E-state index in [-0.39, 0.29) is 17.2 Å². The average molecular weight is 366 g/mol. The number of amides is 1. The number of halogens is 4. The Bertz CT molecular complexity index is 659. The summed E-state index contributed by atoms with van der Waals surface area (Å²) >= 11 is 5.99. The van der Waals surface area contributed by atoms with Crippen molar-refractivity contribution >= 4 is 23.5 Å². The van der Waals surface area contributed by atoms with Gasteiger partial charge in [0.15, 0.2) is 6.04 Å². The topological polar surface area (TPSA) is 75.6 Å². The monoisotopic (exact) mass is 365 g/mol. The number of benzene rings is 1. The Kier molecular flexibility index (Phi) is 5.10. The zero-order chi connectivity index (χ0) is 18.1. The van der Waals surface area contributed by atoms with Crippen LogP contribution in [0.1, 0.15) is 24.0 Å². The molecule has 1 aromatic carbocycles. The van der Waals surface area contributed by atoms with Crippen molar-refractivity contribution in [1.82, 2.24) is 5.32 Å². The zero-order valence-electron chi connectivity index (χ0n) is 12.6. The summed E-state index contributed by atoms with van der Waals surface area (Å²) in [6.07, 6.45) is -3.98. The SMILES string of the molecule is COCC(NC(=O)C1(c2cc(C(F)(F)F)ccc2Cl)CC1)C(=O)O. The summed E-state index contributed by atoms with van der Waals surface area (Å²) in [6, 6.07) is 1.49. The predicted molar refractivity (Wildman–Crippen MR) is 78.8 cm³/mol. The van der Waals surface area contributed by atoms with Crippen LogP contribution in [0, 0.1) is 0 Å². The molecule has 0 aliphatic heterocycles. The summed E-state index contributed by atoms with van der Waals surface area (Å²) in [7, 11) is 1.28. The average Bonchev–Trinajstić information content (AvgIpc) is 3.27. The standard InChI is InChI=1S/C15H15ClF3NO4/c1-24-7-11(12(21)22)20-13(23)14(4-5-14)9-6-8(15(17,18)19)2-3-10(9)16/h2-3,6,11H,4-5,7H2,1H3,(H,20,23)(H,21,22). The number of aliphatic carboxylic acids is 1. The van der Waals surface area contributed by atoms with Crippen LogP contribution in [0.5, 0.6) is 0 Å². The number of methoxy groups -OCH3 is 1. The van der Waals surface area contributed by atoms with Crippen molar-refractivity contribution in [3.63, 3.8) is 0 Å². The smallest absolute Gasteiger partial charge is 0.416 e. The number of carbonyl (C=O) groups excluding carboxylic acids is 1. The molecule has 0 aromatic heterocycles. The number of hydrogen-bond donors (Lipinski definition) is 2. The first-order valence-electron chi connectivity index (χ1n) is 7.02. The van der Waals surface area contributed by atoms with Gasteiger partial charge in [0.25, 0.3) is 0 Å². The Morgan fingerprint density at radius 3 is 2.50 bits per heavy atom. The van der Waals surface area contributed by atoms with Gasteiger partial charge in [0.1, 0.15) is 0 Å². The molecule has 1 aliphatic rings. The van der Waals surface area contributed by atoms with Crippen molar-refractivity contribution in [2.75, 3.05) is 13.7 Å². The number of carboxylic acid groups (broad SMARTS) is 1. The van der Waals surface area contributed by atoms with Crippen LogP contribution in [-0.2, 0) is 25.9 Å². The minimum atomic E-state index is -4.56. The quantitative estimate of drug-likeness (QED) is 0.812. The number of carbonyl (C=O) groups is 2. The lowest BCUT2D eigenvalue weighted by Crippen LogP contribution is -2.48. The molecule has 1 fully saturated rings. The first-order chi connectivity index (χ1) is 11.1. The lowest BCUT2D eigenvalue weighted by Gasteiger charge is -2.21. The van der Waals surface area contributed by atoms with Crippen LogP contribution in [0.25, 0.3) is 0 Å². The molecule has 2 rings (SSSR count). The Balaban J connectivity index is 2.31. The van der Waals surface area contributed by atoms with Gasteiger partial charge in [-0.15, -0.1) is 0 Å². The molecule has 1 aromatic rings. The van der Waals surface area contributed by atoms with Gasteiger partial charge in [-0.25, -0.2) is 4.79 Å². The van der Waals surface area contributed by atoms with Gasteiger partial charge in [0.2, 0.25) is 5.91 Å². The van der Waals surface area contributed by atoms with Crippen LogP contribution in [0.15, 0.2) is 18.2 Å². The van der Waals surface area contributed by atoms with Gasteiger partial charge in [-0.1, -0.05) is 11.6 Å². The van der Waals surface area contributed by atoms with Gasteiger partial charge >= 0.3 is 12.1 Å². The largest absolute Gasteiger partial charge is 0.480 e. The van der Waals surface area contributed by atoms with Crippen molar-refractivity contribution in [3.8, 4) is 0 Å². The maximum absolute atomic E-state index is 12.9. The molecular formula is C15H15ClF3NO4. The van der Waals surface area contributed by atoms with Gasteiger partial charge in [-0.2, -0.15) is 13.2 Å². The fourth-order valence-corrected chi connectivity index (χ4v) is 2.75. The molecule has 0 bridgehead atoms. The van der Waals surface area contributed by atoms with E-state index in [4.69, 9.17) is 21.4 Å². The Morgan fingerprint density at radius 2 is 2.04 bits per heavy atom. The number of carboxylic acids is 1. The Morgan fingerprint density at radius 1 is 1.42 bits per heavy atom. The molecule has 0 spiro atoms. The third-order valence-electron chi connectivity index (χ3n) is 3.93. The second kappa shape index (κ2) is 6.60. The van der Waals surface area contributed by atoms with E-state index < -0.39 is 35.1 Å². The van der Waals surface area contributed by atoms with Gasteiger partial charge in [0, 0.05) is 12.1 Å². The number of alkyl halides is 3. The van der Waals surface area contributed by atoms with Gasteiger partial charge in [-0.05, 0) is 36.6 Å². The molecule has 0 saturated heterocycles. The molecule has 132 valence electrons. The van der Waals surface area contributed by atoms with Gasteiger partial charge in [-0.3, -0.25) is 4.79 Å². The normalized spacial score (nSPS) is 17.2. The van der Waals surface area contributed by atoms with Crippen molar-refractivity contribution in [2.45, 2.75) is 30.5 Å². The Labute approximate surface area is 140 Å². The summed E-state index contributed by atoms with van der Waals surface area (Å²) in [6.45, 7) is -0.256. The highest BCUT2D eigenvalue weighted by Gasteiger charge is 2.53. The lowest BCUT2D eigenvalue weighted by atomic mass is 9.92. The molecule has 24 heavy (non-hydrogen) atoms. The van der Waals surface area contributed by atoms with Crippen LogP contribution in [-0.4, -0.2) is 36.7 Å². The number of ether oxygens (including phenoxy) is 1. The van der Waals surface area contributed by atoms with Crippen LogP contribution >= 0.6 is 11.6 Å². The summed E-state index contributed by atoms with van der Waals surface area (Å²) < 4.78 is 43.4. The first-order valence-corrected chi connectivity index (χ1v) is 7.39. The second-order valence-electron chi connectivity index (χ2n) is 5.59. The highest BCUT2D eigenvalue weighted by molar-refractivity contribution is 6.32. The van der Waals surface area contributed by atoms with Crippen LogP contribution in [0.4, 0.5) is 13.2 Å². The van der Waals surface area contributed by atoms with Crippen molar-refractivity contribution in [2.24, 2.45) is 0 Å². The highest BCUT2D eigenvalue weighted by atomic mass is 35.5. The number of hydrogen-bond acceptors (Lipinski definition) is 3. The Hall–Kier alpha value is -1.80. The van der Waals surface area contributed by atoms with Gasteiger partial charge in [0.05, 0.1) is 17.6 Å². The summed E-state index contributed by atoms with van der Waals surface area (Å²) in [4.78, 5) is 23.6. The molecule has 1 aliphatic carbocycles. The van der Waals surface area contributed by atoms with Crippen LogP contribution in [0.2, 0.25) is 5.02 Å². The van der Waals surface area contributed by atoms with Crippen molar-refractivity contribution < 1.29 is 32.6 Å². The summed E-state index contributed by atoms with van der Waals surface area (Å²) in [5.74, 6) is -1.97. The van der Waals surface area contributed by atoms with Crippen molar-refractivity contribution in [1.29, 1.82) is 0 Å². The van der Waals surface area contributed by atoms with E-state index in [0.29, 0.717) is 12.8 Å². The molecule has 1 unspecified atom stereocenters. The minimum Gasteiger partial charge on any atom is -0.480 e. The predicted octanol–water partition coefficient (Wildman–Crippen LogP) is 2.61. The van der Waals surface area contributed by atoms with E-state index in [2.05, 4.69) is 5.32 Å². The first kappa shape index (κ1) is 18.5. The fourth-order valence-electron chi connectivity index (χ4n) is 2.45. The van der Waals surface area contributed by atoms with E-state index in [1.165, 1.54) is 7.11 Å². The van der Waals surface area contributed by atoms with Crippen molar-refractivity contribution in [3.05, 3.63) is 34.3 Å². The highest BCUT2D eigenvalue weighted by Crippen LogP contribution is 2.51. The number of nitrogens with one attached hydrogen (secondary N) is 1. The molecule has 0 heterocycles. The summed E-state index contributed by atoms with van der Waals surface area (Å²) in [5.41, 5.74) is -2.09. The lowest BCUT2D eigenvalue weighted by molar-refractivity contribution is -0.143. The van der Waals surface area contributed by atoms with E-state index in [1.54, 1.807) is 0 Å². The molecule has 9 heteroatoms. The molecule has 2 N–H and O–H groups in total. The van der Waals surface area contributed by atoms with Gasteiger partial charge < -0.3 is 15.2 Å². The van der Waals surface area contributed by atoms with Crippen LogP contribution in [0.3, 0.4) is 0 Å². The van der Waals surface area contributed by atoms with Crippen LogP contribution < -0.4 is 5.32 Å². The molecule has 1 atom stereocenters. The molecular weight excluding hydrogens is 351 g/mol. The molecule has 0 radical (unpaired) electrons. The summed E-state index contributed by atoms with van der Waals surface area (Å²) in [5, 5.41) is 11.4. The fraction of sp³-hybridized carbons (Fsp3) is 0.467. The third kappa shape index (κ3) is 3.64. The maximum atomic E-state index is 12.9. The van der Waals surface area contributed by atoms with E-state index >= 15 is 0 Å². The third-order valence-corrected chi connectivity index (χ3v) is 4.26. The second-order valence-corrected chi connectivity index (χ2v) is 6.00.